The second kappa shape index (κ2) is 7.95. The van der Waals surface area contributed by atoms with Crippen molar-refractivity contribution < 1.29 is 14.3 Å². The van der Waals surface area contributed by atoms with Gasteiger partial charge in [0, 0.05) is 6.54 Å². The summed E-state index contributed by atoms with van der Waals surface area (Å²) in [5.41, 5.74) is 0.784. The highest BCUT2D eigenvalue weighted by Gasteiger charge is 2.09. The van der Waals surface area contributed by atoms with Gasteiger partial charge in [0.05, 0.1) is 17.2 Å². The molecule has 0 saturated carbocycles. The molecule has 1 amide bonds. The predicted octanol–water partition coefficient (Wildman–Crippen LogP) is 1.88. The van der Waals surface area contributed by atoms with Crippen molar-refractivity contribution in [2.45, 2.75) is 20.3 Å². The number of esters is 1. The van der Waals surface area contributed by atoms with Crippen molar-refractivity contribution in [1.82, 2.24) is 5.32 Å². The van der Waals surface area contributed by atoms with E-state index in [1.54, 1.807) is 0 Å². The van der Waals surface area contributed by atoms with Gasteiger partial charge in [0.1, 0.15) is 0 Å². The van der Waals surface area contributed by atoms with Gasteiger partial charge in [-0.05, 0) is 36.6 Å². The Hall–Kier alpha value is -2.35. The van der Waals surface area contributed by atoms with E-state index in [1.165, 1.54) is 24.3 Å². The lowest BCUT2D eigenvalue weighted by Gasteiger charge is -2.08. The molecule has 1 aromatic carbocycles. The molecule has 0 unspecified atom stereocenters. The lowest BCUT2D eigenvalue weighted by Crippen LogP contribution is -2.30. The standard InChI is InChI=1S/C15H18N2O3/c1-11(2)7-8-17-14(18)10-20-15(19)13-5-3-12(9-16)4-6-13/h3-6,11H,7-8,10H2,1-2H3,(H,17,18). The second-order valence-corrected chi connectivity index (χ2v) is 4.80. The number of rotatable bonds is 6. The largest absolute Gasteiger partial charge is 0.452 e. The van der Waals surface area contributed by atoms with Crippen LogP contribution in [0.25, 0.3) is 0 Å². The zero-order chi connectivity index (χ0) is 15.0. The molecule has 1 N–H and O–H groups in total. The first kappa shape index (κ1) is 15.7. The molecule has 20 heavy (non-hydrogen) atoms. The Morgan fingerprint density at radius 3 is 2.50 bits per heavy atom. The molecular formula is C15H18N2O3. The fourth-order valence-corrected chi connectivity index (χ4v) is 1.45. The molecule has 0 radical (unpaired) electrons. The van der Waals surface area contributed by atoms with E-state index in [-0.39, 0.29) is 12.5 Å². The van der Waals surface area contributed by atoms with Gasteiger partial charge in [-0.3, -0.25) is 4.79 Å². The van der Waals surface area contributed by atoms with Crippen LogP contribution >= 0.6 is 0 Å². The number of ether oxygens (including phenoxy) is 1. The topological polar surface area (TPSA) is 79.2 Å². The van der Waals surface area contributed by atoms with Gasteiger partial charge in [-0.15, -0.1) is 0 Å². The van der Waals surface area contributed by atoms with E-state index in [0.717, 1.165) is 6.42 Å². The van der Waals surface area contributed by atoms with Crippen LogP contribution in [0, 0.1) is 17.2 Å². The van der Waals surface area contributed by atoms with Crippen LogP contribution in [-0.4, -0.2) is 25.0 Å². The van der Waals surface area contributed by atoms with Crippen LogP contribution in [0.15, 0.2) is 24.3 Å². The SMILES string of the molecule is CC(C)CCNC(=O)COC(=O)c1ccc(C#N)cc1. The van der Waals surface area contributed by atoms with E-state index in [2.05, 4.69) is 19.2 Å². The summed E-state index contributed by atoms with van der Waals surface area (Å²) in [5.74, 6) is -0.377. The minimum Gasteiger partial charge on any atom is -0.452 e. The third kappa shape index (κ3) is 5.53. The van der Waals surface area contributed by atoms with Crippen LogP contribution in [-0.2, 0) is 9.53 Å². The number of hydrogen-bond donors (Lipinski definition) is 1. The van der Waals surface area contributed by atoms with E-state index in [1.807, 2.05) is 6.07 Å². The van der Waals surface area contributed by atoms with E-state index >= 15 is 0 Å². The minimum absolute atomic E-state index is 0.295. The van der Waals surface area contributed by atoms with Gasteiger partial charge in [0.2, 0.25) is 0 Å². The number of benzene rings is 1. The van der Waals surface area contributed by atoms with Crippen molar-refractivity contribution in [3.8, 4) is 6.07 Å². The van der Waals surface area contributed by atoms with Crippen LogP contribution < -0.4 is 5.32 Å². The Balaban J connectivity index is 2.35. The normalized spacial score (nSPS) is 9.90. The van der Waals surface area contributed by atoms with E-state index in [4.69, 9.17) is 10.00 Å². The Labute approximate surface area is 118 Å². The van der Waals surface area contributed by atoms with E-state index in [0.29, 0.717) is 23.6 Å². The molecule has 0 heterocycles. The van der Waals surface area contributed by atoms with Gasteiger partial charge in [0.15, 0.2) is 6.61 Å². The Morgan fingerprint density at radius 1 is 1.30 bits per heavy atom. The van der Waals surface area contributed by atoms with Crippen molar-refractivity contribution in [3.05, 3.63) is 35.4 Å². The van der Waals surface area contributed by atoms with Crippen LogP contribution in [0.3, 0.4) is 0 Å². The van der Waals surface area contributed by atoms with E-state index in [9.17, 15) is 9.59 Å². The summed E-state index contributed by atoms with van der Waals surface area (Å²) in [6.07, 6.45) is 0.884. The zero-order valence-electron chi connectivity index (χ0n) is 11.7. The summed E-state index contributed by atoms with van der Waals surface area (Å²) in [5, 5.41) is 11.3. The first-order valence-electron chi connectivity index (χ1n) is 6.47. The van der Waals surface area contributed by atoms with Crippen LogP contribution in [0.1, 0.15) is 36.2 Å². The van der Waals surface area contributed by atoms with Gasteiger partial charge >= 0.3 is 5.97 Å². The predicted molar refractivity (Wildman–Crippen MR) is 73.9 cm³/mol. The van der Waals surface area contributed by atoms with Crippen molar-refractivity contribution in [3.63, 3.8) is 0 Å². The van der Waals surface area contributed by atoms with Gasteiger partial charge in [-0.2, -0.15) is 5.26 Å². The smallest absolute Gasteiger partial charge is 0.338 e. The Morgan fingerprint density at radius 2 is 1.95 bits per heavy atom. The van der Waals surface area contributed by atoms with Gasteiger partial charge in [0.25, 0.3) is 5.91 Å². The molecule has 0 fully saturated rings. The molecule has 0 atom stereocenters. The molecule has 0 aliphatic rings. The van der Waals surface area contributed by atoms with Crippen LogP contribution in [0.4, 0.5) is 0 Å². The summed E-state index contributed by atoms with van der Waals surface area (Å²) in [6, 6.07) is 8.01. The molecule has 0 aliphatic carbocycles. The average molecular weight is 274 g/mol. The maximum Gasteiger partial charge on any atom is 0.338 e. The summed E-state index contributed by atoms with van der Waals surface area (Å²) in [4.78, 5) is 23.1. The number of nitrogens with zero attached hydrogens (tertiary/aromatic N) is 1. The van der Waals surface area contributed by atoms with Crippen molar-refractivity contribution in [1.29, 1.82) is 5.26 Å². The van der Waals surface area contributed by atoms with Crippen molar-refractivity contribution in [2.24, 2.45) is 5.92 Å². The monoisotopic (exact) mass is 274 g/mol. The summed E-state index contributed by atoms with van der Waals surface area (Å²) in [7, 11) is 0. The first-order chi connectivity index (χ1) is 9.52. The third-order valence-electron chi connectivity index (χ3n) is 2.63. The maximum absolute atomic E-state index is 11.6. The lowest BCUT2D eigenvalue weighted by molar-refractivity contribution is -0.124. The molecule has 1 rings (SSSR count). The van der Waals surface area contributed by atoms with E-state index < -0.39 is 5.97 Å². The van der Waals surface area contributed by atoms with Gasteiger partial charge < -0.3 is 10.1 Å². The van der Waals surface area contributed by atoms with Crippen molar-refractivity contribution in [2.75, 3.05) is 13.2 Å². The molecule has 1 aromatic rings. The average Bonchev–Trinajstić information content (AvgIpc) is 2.44. The number of nitrogens with one attached hydrogen (secondary N) is 1. The number of nitriles is 1. The molecule has 0 spiro atoms. The zero-order valence-corrected chi connectivity index (χ0v) is 11.7. The summed E-state index contributed by atoms with van der Waals surface area (Å²) in [6.45, 7) is 4.41. The summed E-state index contributed by atoms with van der Waals surface area (Å²) >= 11 is 0. The molecule has 106 valence electrons. The number of carbonyl (C=O) groups is 2. The summed E-state index contributed by atoms with van der Waals surface area (Å²) < 4.78 is 4.89. The Bertz CT molecular complexity index is 501. The van der Waals surface area contributed by atoms with Crippen LogP contribution in [0.2, 0.25) is 0 Å². The third-order valence-corrected chi connectivity index (χ3v) is 2.63. The number of hydrogen-bond acceptors (Lipinski definition) is 4. The number of carbonyl (C=O) groups excluding carboxylic acids is 2. The quantitative estimate of drug-likeness (QED) is 0.803. The lowest BCUT2D eigenvalue weighted by atomic mass is 10.1. The van der Waals surface area contributed by atoms with Gasteiger partial charge in [-0.25, -0.2) is 4.79 Å². The van der Waals surface area contributed by atoms with Crippen LogP contribution in [0.5, 0.6) is 0 Å². The fraction of sp³-hybridized carbons (Fsp3) is 0.400. The highest BCUT2D eigenvalue weighted by molar-refractivity contribution is 5.91. The molecule has 0 saturated heterocycles. The Kier molecular flexibility index (Phi) is 6.24. The fourth-order valence-electron chi connectivity index (χ4n) is 1.45. The first-order valence-corrected chi connectivity index (χ1v) is 6.47. The number of amides is 1. The second-order valence-electron chi connectivity index (χ2n) is 4.80. The molecule has 0 aromatic heterocycles. The van der Waals surface area contributed by atoms with Gasteiger partial charge in [-0.1, -0.05) is 13.8 Å². The molecule has 0 bridgehead atoms. The molecule has 0 aliphatic heterocycles. The molecule has 5 heteroatoms. The highest BCUT2D eigenvalue weighted by atomic mass is 16.5. The molecule has 5 nitrogen and oxygen atoms in total. The highest BCUT2D eigenvalue weighted by Crippen LogP contribution is 2.05. The minimum atomic E-state index is -0.575. The van der Waals surface area contributed by atoms with Crippen molar-refractivity contribution >= 4 is 11.9 Å². The maximum atomic E-state index is 11.6. The molecular weight excluding hydrogens is 256 g/mol.